The first kappa shape index (κ1) is 23.8. The van der Waals surface area contributed by atoms with Gasteiger partial charge >= 0.3 is 0 Å². The van der Waals surface area contributed by atoms with E-state index in [1.165, 1.54) is 11.1 Å². The highest BCUT2D eigenvalue weighted by molar-refractivity contribution is 7.80. The molecule has 1 N–H and O–H groups in total. The fraction of sp³-hybridized carbons (Fsp3) is 0.207. The van der Waals surface area contributed by atoms with Crippen molar-refractivity contribution in [3.05, 3.63) is 101 Å². The van der Waals surface area contributed by atoms with Crippen LogP contribution in [0.4, 0.5) is 5.69 Å². The van der Waals surface area contributed by atoms with Crippen molar-refractivity contribution in [3.8, 4) is 17.1 Å². The Morgan fingerprint density at radius 3 is 2.47 bits per heavy atom. The normalized spacial score (nSPS) is 15.7. The summed E-state index contributed by atoms with van der Waals surface area (Å²) >= 11 is 5.85. The maximum absolute atomic E-state index is 5.87. The zero-order chi connectivity index (χ0) is 25.2. The van der Waals surface area contributed by atoms with Crippen LogP contribution in [0.15, 0.2) is 83.0 Å². The van der Waals surface area contributed by atoms with Crippen molar-refractivity contribution in [2.24, 2.45) is 0 Å². The third kappa shape index (κ3) is 4.50. The number of nitrogens with one attached hydrogen (secondary N) is 1. The molecule has 1 aromatic heterocycles. The molecule has 3 aromatic carbocycles. The van der Waals surface area contributed by atoms with Crippen LogP contribution >= 0.6 is 12.2 Å². The number of thiocarbonyl (C=S) groups is 1. The minimum Gasteiger partial charge on any atom is -0.497 e. The minimum atomic E-state index is -0.287. The molecule has 4 aromatic rings. The van der Waals surface area contributed by atoms with Crippen LogP contribution in [-0.2, 0) is 6.42 Å². The van der Waals surface area contributed by atoms with Crippen LogP contribution < -0.4 is 15.0 Å². The van der Waals surface area contributed by atoms with Crippen LogP contribution in [-0.4, -0.2) is 22.4 Å². The molecule has 6 nitrogen and oxygen atoms in total. The first-order valence-electron chi connectivity index (χ1n) is 11.9. The third-order valence-electron chi connectivity index (χ3n) is 6.48. The molecule has 36 heavy (non-hydrogen) atoms. The molecule has 5 rings (SSSR count). The second kappa shape index (κ2) is 9.95. The van der Waals surface area contributed by atoms with Gasteiger partial charge in [-0.2, -0.15) is 4.98 Å². The van der Waals surface area contributed by atoms with Crippen molar-refractivity contribution in [1.82, 2.24) is 15.5 Å². The molecular weight excluding hydrogens is 468 g/mol. The van der Waals surface area contributed by atoms with E-state index in [4.69, 9.17) is 26.5 Å². The molecular formula is C29H28N4O2S. The van der Waals surface area contributed by atoms with Gasteiger partial charge in [-0.15, -0.1) is 0 Å². The fourth-order valence-electron chi connectivity index (χ4n) is 4.44. The lowest BCUT2D eigenvalue weighted by Crippen LogP contribution is -2.46. The van der Waals surface area contributed by atoms with Crippen molar-refractivity contribution in [3.63, 3.8) is 0 Å². The summed E-state index contributed by atoms with van der Waals surface area (Å²) in [5, 5.41) is 8.42. The fourth-order valence-corrected chi connectivity index (χ4v) is 4.80. The summed E-state index contributed by atoms with van der Waals surface area (Å²) in [5.41, 5.74) is 7.09. The highest BCUT2D eigenvalue weighted by Crippen LogP contribution is 2.40. The molecule has 0 bridgehead atoms. The third-order valence-corrected chi connectivity index (χ3v) is 6.78. The van der Waals surface area contributed by atoms with Crippen molar-refractivity contribution in [1.29, 1.82) is 0 Å². The van der Waals surface area contributed by atoms with Crippen LogP contribution in [0.25, 0.3) is 17.0 Å². The summed E-state index contributed by atoms with van der Waals surface area (Å²) in [6.45, 7) is 6.24. The van der Waals surface area contributed by atoms with Crippen molar-refractivity contribution in [2.75, 3.05) is 12.0 Å². The molecule has 0 radical (unpaired) electrons. The van der Waals surface area contributed by atoms with E-state index in [-0.39, 0.29) is 6.04 Å². The topological polar surface area (TPSA) is 63.4 Å². The number of methoxy groups -OCH3 is 1. The maximum Gasteiger partial charge on any atom is 0.258 e. The molecule has 0 saturated carbocycles. The number of aromatic nitrogens is 2. The molecule has 1 unspecified atom stereocenters. The molecule has 0 spiro atoms. The number of aryl methyl sites for hydroxylation is 2. The van der Waals surface area contributed by atoms with Gasteiger partial charge in [-0.25, -0.2) is 0 Å². The van der Waals surface area contributed by atoms with Gasteiger partial charge in [-0.1, -0.05) is 66.2 Å². The van der Waals surface area contributed by atoms with E-state index in [0.717, 1.165) is 40.3 Å². The van der Waals surface area contributed by atoms with Crippen LogP contribution in [0.2, 0.25) is 0 Å². The van der Waals surface area contributed by atoms with E-state index in [9.17, 15) is 0 Å². The van der Waals surface area contributed by atoms with E-state index in [2.05, 4.69) is 60.7 Å². The predicted molar refractivity (Wildman–Crippen MR) is 147 cm³/mol. The van der Waals surface area contributed by atoms with Crippen molar-refractivity contribution < 1.29 is 9.26 Å². The first-order chi connectivity index (χ1) is 17.5. The Morgan fingerprint density at radius 2 is 1.78 bits per heavy atom. The lowest BCUT2D eigenvalue weighted by atomic mass is 9.94. The summed E-state index contributed by atoms with van der Waals surface area (Å²) < 4.78 is 11.4. The van der Waals surface area contributed by atoms with Gasteiger partial charge in [0.25, 0.3) is 5.89 Å². The van der Waals surface area contributed by atoms with Gasteiger partial charge in [0, 0.05) is 16.9 Å². The number of hydrogen-bond acceptors (Lipinski definition) is 5. The SMILES string of the molecule is CCc1ccc(-c2noc(C3=C(C)N(c4ccc(C)cc4)C(=S)NC3c3cccc(OC)c3)n2)cc1. The Morgan fingerprint density at radius 1 is 1.03 bits per heavy atom. The maximum atomic E-state index is 5.87. The highest BCUT2D eigenvalue weighted by Gasteiger charge is 2.35. The molecule has 1 atom stereocenters. The van der Waals surface area contributed by atoms with E-state index in [1.807, 2.05) is 48.2 Å². The second-order valence-corrected chi connectivity index (χ2v) is 9.19. The highest BCUT2D eigenvalue weighted by atomic mass is 32.1. The lowest BCUT2D eigenvalue weighted by molar-refractivity contribution is 0.403. The Kier molecular flexibility index (Phi) is 6.57. The number of anilines is 1. The summed E-state index contributed by atoms with van der Waals surface area (Å²) in [7, 11) is 1.66. The smallest absolute Gasteiger partial charge is 0.258 e. The summed E-state index contributed by atoms with van der Waals surface area (Å²) in [6.07, 6.45) is 0.979. The Labute approximate surface area is 216 Å². The van der Waals surface area contributed by atoms with Gasteiger partial charge < -0.3 is 14.6 Å². The second-order valence-electron chi connectivity index (χ2n) is 8.80. The number of nitrogens with zero attached hydrogens (tertiary/aromatic N) is 3. The van der Waals surface area contributed by atoms with E-state index in [1.54, 1.807) is 7.11 Å². The Balaban J connectivity index is 1.63. The number of benzene rings is 3. The summed E-state index contributed by atoms with van der Waals surface area (Å²) in [5.74, 6) is 1.76. The monoisotopic (exact) mass is 496 g/mol. The van der Waals surface area contributed by atoms with Crippen LogP contribution in [0, 0.1) is 6.92 Å². The number of allylic oxidation sites excluding steroid dienone is 1. The number of ether oxygens (including phenoxy) is 1. The van der Waals surface area contributed by atoms with Crippen molar-refractivity contribution in [2.45, 2.75) is 33.2 Å². The predicted octanol–water partition coefficient (Wildman–Crippen LogP) is 6.48. The number of rotatable bonds is 6. The van der Waals surface area contributed by atoms with Gasteiger partial charge in [0.15, 0.2) is 5.11 Å². The van der Waals surface area contributed by atoms with Gasteiger partial charge in [0.05, 0.1) is 18.7 Å². The van der Waals surface area contributed by atoms with Gasteiger partial charge in [0.1, 0.15) is 5.75 Å². The van der Waals surface area contributed by atoms with Crippen LogP contribution in [0.1, 0.15) is 42.5 Å². The minimum absolute atomic E-state index is 0.287. The zero-order valence-electron chi connectivity index (χ0n) is 20.8. The quantitative estimate of drug-likeness (QED) is 0.306. The van der Waals surface area contributed by atoms with E-state index in [0.29, 0.717) is 16.8 Å². The molecule has 1 aliphatic heterocycles. The van der Waals surface area contributed by atoms with Crippen molar-refractivity contribution >= 4 is 28.6 Å². The molecule has 182 valence electrons. The largest absolute Gasteiger partial charge is 0.497 e. The lowest BCUT2D eigenvalue weighted by Gasteiger charge is -2.37. The molecule has 1 aliphatic rings. The van der Waals surface area contributed by atoms with Gasteiger partial charge in [-0.05, 0) is 67.9 Å². The number of hydrogen-bond donors (Lipinski definition) is 1. The molecule has 0 amide bonds. The molecule has 7 heteroatoms. The van der Waals surface area contributed by atoms with Crippen LogP contribution in [0.3, 0.4) is 0 Å². The summed E-state index contributed by atoms with van der Waals surface area (Å²) in [4.78, 5) is 6.83. The average molecular weight is 497 g/mol. The summed E-state index contributed by atoms with van der Waals surface area (Å²) in [6, 6.07) is 24.1. The van der Waals surface area contributed by atoms with E-state index >= 15 is 0 Å². The van der Waals surface area contributed by atoms with Crippen LogP contribution in [0.5, 0.6) is 5.75 Å². The van der Waals surface area contributed by atoms with E-state index < -0.39 is 0 Å². The standard InChI is InChI=1S/C29H28N4O2S/c1-5-20-11-13-21(14-12-20)27-31-28(35-32-27)25-19(3)33(23-15-9-18(2)10-16-23)29(36)30-26(25)22-7-6-8-24(17-22)34-4/h6-17,26H,5H2,1-4H3,(H,30,36). The Hall–Kier alpha value is -3.97. The van der Waals surface area contributed by atoms with Gasteiger partial charge in [0.2, 0.25) is 5.82 Å². The molecule has 0 saturated heterocycles. The molecule has 0 fully saturated rings. The zero-order valence-corrected chi connectivity index (χ0v) is 21.6. The first-order valence-corrected chi connectivity index (χ1v) is 12.3. The molecule has 0 aliphatic carbocycles. The molecule has 2 heterocycles. The average Bonchev–Trinajstić information content (AvgIpc) is 3.39. The van der Waals surface area contributed by atoms with Gasteiger partial charge in [-0.3, -0.25) is 4.90 Å². The Bertz CT molecular complexity index is 1420.